The smallest absolute Gasteiger partial charge is 0.406 e. The molecule has 7 nitrogen and oxygen atoms in total. The summed E-state index contributed by atoms with van der Waals surface area (Å²) in [6.07, 6.45) is 1.39. The molecular weight excluding hydrogens is 758 g/mol. The summed E-state index contributed by atoms with van der Waals surface area (Å²) in [7, 11) is -13.1. The standard InChI is InChI=1S/C39H49F3N2O5S3Si/c1-5-24-44(26-27-49-53(38(2,3)4,35-17-11-7-12-18-35)36-19-13-8-14-20-36)25-23-31(30-50-33-15-9-6-10-16-33)28-32-21-22-34(52(43,47)48)29-37(32)51(45,46)39(40,41)42/h6-22,29,31H,5,23-28,30H2,1-4H3,(H2,43,47,48)/t31-/m0/s1. The largest absolute Gasteiger partial charge is 0.501 e. The maximum atomic E-state index is 13.9. The van der Waals surface area contributed by atoms with E-state index in [1.54, 1.807) is 0 Å². The van der Waals surface area contributed by atoms with Crippen molar-refractivity contribution < 1.29 is 34.4 Å². The van der Waals surface area contributed by atoms with Crippen LogP contribution in [-0.4, -0.2) is 67.6 Å². The third kappa shape index (κ3) is 10.8. The number of sulfone groups is 1. The quantitative estimate of drug-likeness (QED) is 0.0834. The summed E-state index contributed by atoms with van der Waals surface area (Å²) in [6.45, 7) is 11.2. The van der Waals surface area contributed by atoms with Crippen molar-refractivity contribution in [3.63, 3.8) is 0 Å². The van der Waals surface area contributed by atoms with E-state index in [1.807, 2.05) is 66.7 Å². The van der Waals surface area contributed by atoms with Crippen LogP contribution in [0.1, 0.15) is 46.1 Å². The molecule has 2 N–H and O–H groups in total. The number of nitrogens with two attached hydrogens (primary N) is 1. The molecule has 0 fully saturated rings. The third-order valence-electron chi connectivity index (χ3n) is 9.24. The van der Waals surface area contributed by atoms with E-state index in [-0.39, 0.29) is 22.9 Å². The van der Waals surface area contributed by atoms with Crippen LogP contribution in [0.5, 0.6) is 0 Å². The van der Waals surface area contributed by atoms with Gasteiger partial charge in [0.15, 0.2) is 0 Å². The average molecular weight is 807 g/mol. The van der Waals surface area contributed by atoms with Crippen LogP contribution < -0.4 is 15.5 Å². The Morgan fingerprint density at radius 3 is 1.83 bits per heavy atom. The van der Waals surface area contributed by atoms with Gasteiger partial charge in [-0.25, -0.2) is 22.0 Å². The van der Waals surface area contributed by atoms with E-state index < -0.39 is 43.5 Å². The van der Waals surface area contributed by atoms with Gasteiger partial charge < -0.3 is 9.33 Å². The highest BCUT2D eigenvalue weighted by Gasteiger charge is 2.50. The van der Waals surface area contributed by atoms with Crippen LogP contribution in [0, 0.1) is 5.92 Å². The molecule has 0 heterocycles. The lowest BCUT2D eigenvalue weighted by atomic mass is 9.97. The van der Waals surface area contributed by atoms with E-state index in [9.17, 15) is 30.0 Å². The molecule has 1 atom stereocenters. The molecule has 4 aromatic carbocycles. The molecule has 0 aliphatic rings. The lowest BCUT2D eigenvalue weighted by Gasteiger charge is -2.43. The monoisotopic (exact) mass is 806 g/mol. The lowest BCUT2D eigenvalue weighted by molar-refractivity contribution is -0.0436. The van der Waals surface area contributed by atoms with Crippen LogP contribution in [0.25, 0.3) is 0 Å². The van der Waals surface area contributed by atoms with E-state index >= 15 is 0 Å². The minimum absolute atomic E-state index is 0.0199. The van der Waals surface area contributed by atoms with Crippen molar-refractivity contribution in [3.8, 4) is 0 Å². The summed E-state index contributed by atoms with van der Waals surface area (Å²) in [5, 5.41) is 7.35. The van der Waals surface area contributed by atoms with Crippen molar-refractivity contribution in [3.05, 3.63) is 115 Å². The Hall–Kier alpha value is -2.98. The minimum Gasteiger partial charge on any atom is -0.406 e. The maximum absolute atomic E-state index is 13.9. The van der Waals surface area contributed by atoms with Crippen LogP contribution >= 0.6 is 11.8 Å². The molecule has 288 valence electrons. The van der Waals surface area contributed by atoms with E-state index in [0.29, 0.717) is 37.9 Å². The number of primary sulfonamides is 1. The molecule has 14 heteroatoms. The average Bonchev–Trinajstić information content (AvgIpc) is 3.11. The van der Waals surface area contributed by atoms with Crippen LogP contribution in [0.15, 0.2) is 124 Å². The van der Waals surface area contributed by atoms with E-state index in [4.69, 9.17) is 9.56 Å². The van der Waals surface area contributed by atoms with E-state index in [0.717, 1.165) is 30.0 Å². The van der Waals surface area contributed by atoms with Gasteiger partial charge in [0.05, 0.1) is 9.79 Å². The molecule has 4 aromatic rings. The molecule has 0 unspecified atom stereocenters. The van der Waals surface area contributed by atoms with Crippen LogP contribution in [-0.2, 0) is 30.7 Å². The second kappa shape index (κ2) is 18.1. The Bertz CT molecular complexity index is 1940. The second-order valence-electron chi connectivity index (χ2n) is 14.1. The molecule has 0 spiro atoms. The molecule has 0 amide bonds. The predicted molar refractivity (Wildman–Crippen MR) is 210 cm³/mol. The zero-order chi connectivity index (χ0) is 38.9. The van der Waals surface area contributed by atoms with Crippen LogP contribution in [0.4, 0.5) is 13.2 Å². The topological polar surface area (TPSA) is 107 Å². The normalized spacial score (nSPS) is 13.7. The van der Waals surface area contributed by atoms with Gasteiger partial charge in [0, 0.05) is 23.8 Å². The van der Waals surface area contributed by atoms with Gasteiger partial charge in [0.2, 0.25) is 10.0 Å². The number of rotatable bonds is 18. The van der Waals surface area contributed by atoms with Crippen molar-refractivity contribution >= 4 is 50.3 Å². The fraction of sp³-hybridized carbons (Fsp3) is 0.385. The highest BCUT2D eigenvalue weighted by molar-refractivity contribution is 7.99. The molecule has 0 aliphatic heterocycles. The van der Waals surface area contributed by atoms with Gasteiger partial charge in [0.25, 0.3) is 18.2 Å². The Labute approximate surface area is 318 Å². The van der Waals surface area contributed by atoms with Crippen molar-refractivity contribution in [2.24, 2.45) is 11.1 Å². The summed E-state index contributed by atoms with van der Waals surface area (Å²) < 4.78 is 98.4. The van der Waals surface area contributed by atoms with Gasteiger partial charge in [-0.05, 0) is 83.5 Å². The number of hydrogen-bond donors (Lipinski definition) is 1. The van der Waals surface area contributed by atoms with Crippen LogP contribution in [0.2, 0.25) is 5.04 Å². The third-order valence-corrected chi connectivity index (χ3v) is 18.0. The molecule has 0 radical (unpaired) electrons. The summed E-state index contributed by atoms with van der Waals surface area (Å²) in [5.41, 5.74) is -5.74. The summed E-state index contributed by atoms with van der Waals surface area (Å²) in [6, 6.07) is 33.0. The van der Waals surface area contributed by atoms with Gasteiger partial charge in [0.1, 0.15) is 0 Å². The Morgan fingerprint density at radius 1 is 0.792 bits per heavy atom. The Balaban J connectivity index is 1.61. The molecule has 0 saturated heterocycles. The minimum atomic E-state index is -5.88. The Morgan fingerprint density at radius 2 is 1.34 bits per heavy atom. The molecule has 0 bridgehead atoms. The maximum Gasteiger partial charge on any atom is 0.501 e. The summed E-state index contributed by atoms with van der Waals surface area (Å²) in [5.74, 6) is 0.227. The zero-order valence-electron chi connectivity index (χ0n) is 30.6. The first-order chi connectivity index (χ1) is 24.9. The van der Waals surface area contributed by atoms with Gasteiger partial charge in [-0.15, -0.1) is 11.8 Å². The van der Waals surface area contributed by atoms with Gasteiger partial charge in [-0.1, -0.05) is 113 Å². The molecular formula is C39H49F3N2O5S3Si. The molecule has 0 aliphatic carbocycles. The van der Waals surface area contributed by atoms with Crippen molar-refractivity contribution in [1.29, 1.82) is 0 Å². The van der Waals surface area contributed by atoms with Crippen molar-refractivity contribution in [1.82, 2.24) is 4.90 Å². The van der Waals surface area contributed by atoms with Crippen molar-refractivity contribution in [2.45, 2.75) is 72.2 Å². The first kappa shape index (κ1) is 42.8. The van der Waals surface area contributed by atoms with Gasteiger partial charge in [-0.2, -0.15) is 13.2 Å². The molecule has 4 rings (SSSR count). The predicted octanol–water partition coefficient (Wildman–Crippen LogP) is 7.26. The highest BCUT2D eigenvalue weighted by atomic mass is 32.2. The fourth-order valence-electron chi connectivity index (χ4n) is 6.65. The first-order valence-electron chi connectivity index (χ1n) is 17.5. The van der Waals surface area contributed by atoms with E-state index in [2.05, 4.69) is 56.9 Å². The number of alkyl halides is 3. The number of thioether (sulfide) groups is 1. The number of nitrogens with zero attached hydrogens (tertiary/aromatic N) is 1. The molecule has 0 aromatic heterocycles. The highest BCUT2D eigenvalue weighted by Crippen LogP contribution is 2.37. The van der Waals surface area contributed by atoms with E-state index in [1.165, 1.54) is 22.1 Å². The fourth-order valence-corrected chi connectivity index (χ4v) is 13.9. The number of sulfonamides is 1. The second-order valence-corrected chi connectivity index (χ2v) is 23.0. The number of halogens is 3. The summed E-state index contributed by atoms with van der Waals surface area (Å²) >= 11 is 1.53. The Kier molecular flexibility index (Phi) is 14.6. The van der Waals surface area contributed by atoms with Gasteiger partial charge >= 0.3 is 5.51 Å². The zero-order valence-corrected chi connectivity index (χ0v) is 34.0. The van der Waals surface area contributed by atoms with Crippen LogP contribution in [0.3, 0.4) is 0 Å². The SMILES string of the molecule is CCCN(CCO[Si](c1ccccc1)(c1ccccc1)C(C)(C)C)CC[C@H](CSc1ccccc1)Cc1ccc(S(N)(=O)=O)cc1S(=O)(=O)C(F)(F)F. The van der Waals surface area contributed by atoms with Gasteiger partial charge in [-0.3, -0.25) is 0 Å². The summed E-state index contributed by atoms with van der Waals surface area (Å²) in [4.78, 5) is 1.47. The molecule has 0 saturated carbocycles. The number of hydrogen-bond acceptors (Lipinski definition) is 7. The first-order valence-corrected chi connectivity index (χ1v) is 23.4. The lowest BCUT2D eigenvalue weighted by Crippen LogP contribution is -2.67. The molecule has 53 heavy (non-hydrogen) atoms. The van der Waals surface area contributed by atoms with Crippen molar-refractivity contribution in [2.75, 3.05) is 32.0 Å². The number of benzene rings is 4.